The summed E-state index contributed by atoms with van der Waals surface area (Å²) in [6, 6.07) is 13.0. The highest BCUT2D eigenvalue weighted by Crippen LogP contribution is 2.27. The van der Waals surface area contributed by atoms with Crippen molar-refractivity contribution in [1.29, 1.82) is 0 Å². The quantitative estimate of drug-likeness (QED) is 0.809. The van der Waals surface area contributed by atoms with Gasteiger partial charge in [-0.05, 0) is 43.2 Å². The maximum Gasteiger partial charge on any atom is 0.255 e. The van der Waals surface area contributed by atoms with E-state index in [4.69, 9.17) is 14.2 Å². The second kappa shape index (κ2) is 8.82. The molecule has 128 valence electrons. The first-order valence-corrected chi connectivity index (χ1v) is 7.90. The first-order valence-electron chi connectivity index (χ1n) is 7.90. The van der Waals surface area contributed by atoms with E-state index in [0.717, 1.165) is 5.56 Å². The number of ether oxygens (including phenoxy) is 3. The van der Waals surface area contributed by atoms with Crippen molar-refractivity contribution in [3.63, 3.8) is 0 Å². The number of benzene rings is 2. The summed E-state index contributed by atoms with van der Waals surface area (Å²) in [6.45, 7) is 2.94. The van der Waals surface area contributed by atoms with Crippen LogP contribution in [-0.2, 0) is 6.42 Å². The van der Waals surface area contributed by atoms with Crippen molar-refractivity contribution in [2.24, 2.45) is 0 Å². The Labute approximate surface area is 142 Å². The summed E-state index contributed by atoms with van der Waals surface area (Å²) in [5.74, 6) is 1.84. The van der Waals surface area contributed by atoms with Gasteiger partial charge in [-0.2, -0.15) is 0 Å². The van der Waals surface area contributed by atoms with Crippen LogP contribution in [0.3, 0.4) is 0 Å². The SMILES string of the molecule is CCOc1ccccc1C(=O)NCCc1ccc(OC)c(OC)c1. The third-order valence-electron chi connectivity index (χ3n) is 3.58. The van der Waals surface area contributed by atoms with Crippen molar-refractivity contribution in [2.45, 2.75) is 13.3 Å². The summed E-state index contributed by atoms with van der Waals surface area (Å²) in [7, 11) is 3.21. The molecule has 0 aliphatic carbocycles. The minimum Gasteiger partial charge on any atom is -0.493 e. The lowest BCUT2D eigenvalue weighted by molar-refractivity contribution is 0.0950. The van der Waals surface area contributed by atoms with E-state index in [1.165, 1.54) is 0 Å². The lowest BCUT2D eigenvalue weighted by atomic mass is 10.1. The van der Waals surface area contributed by atoms with Crippen molar-refractivity contribution in [1.82, 2.24) is 5.32 Å². The monoisotopic (exact) mass is 329 g/mol. The van der Waals surface area contributed by atoms with Gasteiger partial charge in [-0.3, -0.25) is 4.79 Å². The molecule has 2 rings (SSSR count). The highest BCUT2D eigenvalue weighted by Gasteiger charge is 2.11. The highest BCUT2D eigenvalue weighted by atomic mass is 16.5. The minimum atomic E-state index is -0.139. The fraction of sp³-hybridized carbons (Fsp3) is 0.316. The summed E-state index contributed by atoms with van der Waals surface area (Å²) < 4.78 is 16.0. The molecule has 0 atom stereocenters. The molecule has 0 aliphatic heterocycles. The van der Waals surface area contributed by atoms with Gasteiger partial charge >= 0.3 is 0 Å². The molecule has 0 radical (unpaired) electrons. The predicted molar refractivity (Wildman–Crippen MR) is 93.2 cm³/mol. The van der Waals surface area contributed by atoms with Crippen LogP contribution in [0.25, 0.3) is 0 Å². The smallest absolute Gasteiger partial charge is 0.255 e. The van der Waals surface area contributed by atoms with E-state index in [2.05, 4.69) is 5.32 Å². The fourth-order valence-corrected chi connectivity index (χ4v) is 2.39. The molecule has 0 saturated heterocycles. The third-order valence-corrected chi connectivity index (χ3v) is 3.58. The number of hydrogen-bond donors (Lipinski definition) is 1. The molecule has 5 nitrogen and oxygen atoms in total. The zero-order valence-corrected chi connectivity index (χ0v) is 14.3. The van der Waals surface area contributed by atoms with Crippen LogP contribution in [0.5, 0.6) is 17.2 Å². The first kappa shape index (κ1) is 17.7. The average Bonchev–Trinajstić information content (AvgIpc) is 2.62. The molecule has 0 heterocycles. The molecular formula is C19H23NO4. The molecule has 0 aliphatic rings. The fourth-order valence-electron chi connectivity index (χ4n) is 2.39. The van der Waals surface area contributed by atoms with Gasteiger partial charge in [0.2, 0.25) is 0 Å². The van der Waals surface area contributed by atoms with Gasteiger partial charge in [-0.1, -0.05) is 18.2 Å². The Bertz CT molecular complexity index is 685. The number of nitrogens with one attached hydrogen (secondary N) is 1. The topological polar surface area (TPSA) is 56.8 Å². The van der Waals surface area contributed by atoms with E-state index in [1.54, 1.807) is 26.4 Å². The van der Waals surface area contributed by atoms with E-state index in [0.29, 0.717) is 42.4 Å². The number of para-hydroxylation sites is 1. The van der Waals surface area contributed by atoms with Crippen LogP contribution >= 0.6 is 0 Å². The zero-order chi connectivity index (χ0) is 17.4. The van der Waals surface area contributed by atoms with Gasteiger partial charge < -0.3 is 19.5 Å². The first-order chi connectivity index (χ1) is 11.7. The molecule has 5 heteroatoms. The summed E-state index contributed by atoms with van der Waals surface area (Å²) in [6.07, 6.45) is 0.697. The van der Waals surface area contributed by atoms with Gasteiger partial charge in [0, 0.05) is 6.54 Å². The van der Waals surface area contributed by atoms with Gasteiger partial charge in [0.1, 0.15) is 5.75 Å². The number of hydrogen-bond acceptors (Lipinski definition) is 4. The molecule has 1 amide bonds. The zero-order valence-electron chi connectivity index (χ0n) is 14.3. The standard InChI is InChI=1S/C19H23NO4/c1-4-24-16-8-6-5-7-15(16)19(21)20-12-11-14-9-10-17(22-2)18(13-14)23-3/h5-10,13H,4,11-12H2,1-3H3,(H,20,21). The summed E-state index contributed by atoms with van der Waals surface area (Å²) in [5, 5.41) is 2.92. The molecule has 0 spiro atoms. The van der Waals surface area contributed by atoms with Gasteiger partial charge in [-0.25, -0.2) is 0 Å². The molecule has 2 aromatic rings. The van der Waals surface area contributed by atoms with Crippen molar-refractivity contribution >= 4 is 5.91 Å². The molecule has 2 aromatic carbocycles. The van der Waals surface area contributed by atoms with Crippen LogP contribution in [0.15, 0.2) is 42.5 Å². The van der Waals surface area contributed by atoms with Crippen LogP contribution in [-0.4, -0.2) is 33.3 Å². The molecule has 1 N–H and O–H groups in total. The molecule has 24 heavy (non-hydrogen) atoms. The number of amides is 1. The van der Waals surface area contributed by atoms with E-state index >= 15 is 0 Å². The number of carbonyl (C=O) groups excluding carboxylic acids is 1. The summed E-state index contributed by atoms with van der Waals surface area (Å²) in [4.78, 5) is 12.3. The Hall–Kier alpha value is -2.69. The summed E-state index contributed by atoms with van der Waals surface area (Å²) >= 11 is 0. The molecule has 0 fully saturated rings. The van der Waals surface area contributed by atoms with Crippen molar-refractivity contribution < 1.29 is 19.0 Å². The maximum absolute atomic E-state index is 12.3. The van der Waals surface area contributed by atoms with E-state index < -0.39 is 0 Å². The summed E-state index contributed by atoms with van der Waals surface area (Å²) in [5.41, 5.74) is 1.61. The number of carbonyl (C=O) groups is 1. The molecule has 0 saturated carbocycles. The van der Waals surface area contributed by atoms with Crippen LogP contribution in [0.2, 0.25) is 0 Å². The van der Waals surface area contributed by atoms with E-state index in [-0.39, 0.29) is 5.91 Å². The Kier molecular flexibility index (Phi) is 6.49. The molecule has 0 aromatic heterocycles. The predicted octanol–water partition coefficient (Wildman–Crippen LogP) is 3.08. The Morgan fingerprint density at radius 3 is 2.46 bits per heavy atom. The van der Waals surface area contributed by atoms with Gasteiger partial charge in [-0.15, -0.1) is 0 Å². The average molecular weight is 329 g/mol. The number of methoxy groups -OCH3 is 2. The number of rotatable bonds is 8. The third kappa shape index (κ3) is 4.41. The second-order valence-corrected chi connectivity index (χ2v) is 5.12. The highest BCUT2D eigenvalue weighted by molar-refractivity contribution is 5.96. The molecule has 0 bridgehead atoms. The van der Waals surface area contributed by atoms with Gasteiger partial charge in [0.25, 0.3) is 5.91 Å². The maximum atomic E-state index is 12.3. The van der Waals surface area contributed by atoms with Crippen molar-refractivity contribution in [2.75, 3.05) is 27.4 Å². The second-order valence-electron chi connectivity index (χ2n) is 5.12. The Morgan fingerprint density at radius 1 is 1.00 bits per heavy atom. The lowest BCUT2D eigenvalue weighted by Gasteiger charge is -2.11. The Balaban J connectivity index is 1.96. The lowest BCUT2D eigenvalue weighted by Crippen LogP contribution is -2.26. The largest absolute Gasteiger partial charge is 0.493 e. The van der Waals surface area contributed by atoms with Crippen LogP contribution < -0.4 is 19.5 Å². The molecular weight excluding hydrogens is 306 g/mol. The van der Waals surface area contributed by atoms with Gasteiger partial charge in [0.15, 0.2) is 11.5 Å². The van der Waals surface area contributed by atoms with Crippen molar-refractivity contribution in [3.05, 3.63) is 53.6 Å². The van der Waals surface area contributed by atoms with Crippen LogP contribution in [0, 0.1) is 0 Å². The minimum absolute atomic E-state index is 0.139. The van der Waals surface area contributed by atoms with Crippen LogP contribution in [0.1, 0.15) is 22.8 Å². The normalized spacial score (nSPS) is 10.1. The van der Waals surface area contributed by atoms with E-state index in [9.17, 15) is 4.79 Å². The van der Waals surface area contributed by atoms with Crippen LogP contribution in [0.4, 0.5) is 0 Å². The van der Waals surface area contributed by atoms with Gasteiger partial charge in [0.05, 0.1) is 26.4 Å². The molecule has 0 unspecified atom stereocenters. The van der Waals surface area contributed by atoms with E-state index in [1.807, 2.05) is 37.3 Å². The van der Waals surface area contributed by atoms with Crippen molar-refractivity contribution in [3.8, 4) is 17.2 Å². The Morgan fingerprint density at radius 2 is 1.75 bits per heavy atom.